The first kappa shape index (κ1) is 9.79. The molecule has 1 aromatic carbocycles. The first-order chi connectivity index (χ1) is 6.33. The second-order valence-corrected chi connectivity index (χ2v) is 3.10. The largest absolute Gasteiger partial charge is 0.0959 e. The number of benzene rings is 1. The number of hydrogen-bond donors (Lipinski definition) is 0. The molecule has 0 aliphatic heterocycles. The fourth-order valence-electron chi connectivity index (χ4n) is 1.09. The molecule has 13 heavy (non-hydrogen) atoms. The maximum Gasteiger partial charge on any atom is -0.00942 e. The van der Waals surface area contributed by atoms with E-state index >= 15 is 0 Å². The van der Waals surface area contributed by atoms with Crippen molar-refractivity contribution in [1.82, 2.24) is 0 Å². The molecule has 0 aliphatic rings. The maximum absolute atomic E-state index is 3.92. The van der Waals surface area contributed by atoms with Crippen molar-refractivity contribution in [2.45, 2.75) is 19.8 Å². The molecular weight excluding hydrogens is 156 g/mol. The zero-order valence-electron chi connectivity index (χ0n) is 8.16. The molecule has 0 spiro atoms. The van der Waals surface area contributed by atoms with Crippen molar-refractivity contribution >= 4 is 0 Å². The first-order valence-corrected chi connectivity index (χ1v) is 4.71. The third-order valence-electron chi connectivity index (χ3n) is 2.00. The van der Waals surface area contributed by atoms with Crippen molar-refractivity contribution in [2.24, 2.45) is 0 Å². The van der Waals surface area contributed by atoms with Gasteiger partial charge in [-0.05, 0) is 18.4 Å². The van der Waals surface area contributed by atoms with Gasteiger partial charge >= 0.3 is 0 Å². The zero-order chi connectivity index (χ0) is 9.52. The van der Waals surface area contributed by atoms with E-state index in [9.17, 15) is 0 Å². The summed E-state index contributed by atoms with van der Waals surface area (Å²) in [6.07, 6.45) is 6.30. The predicted molar refractivity (Wildman–Crippen MR) is 58.7 cm³/mol. The van der Waals surface area contributed by atoms with Crippen molar-refractivity contribution < 1.29 is 0 Å². The van der Waals surface area contributed by atoms with Crippen LogP contribution in [-0.4, -0.2) is 0 Å². The Kier molecular flexibility index (Phi) is 4.04. The van der Waals surface area contributed by atoms with E-state index in [2.05, 4.69) is 49.9 Å². The molecule has 1 aromatic rings. The van der Waals surface area contributed by atoms with Crippen molar-refractivity contribution in [2.75, 3.05) is 0 Å². The molecule has 0 atom stereocenters. The molecule has 0 aromatic heterocycles. The summed E-state index contributed by atoms with van der Waals surface area (Å²) in [5.41, 5.74) is 2.54. The highest BCUT2D eigenvalue weighted by Gasteiger charge is 1.86. The van der Waals surface area contributed by atoms with E-state index in [0.717, 1.165) is 12.8 Å². The van der Waals surface area contributed by atoms with Crippen LogP contribution >= 0.6 is 0 Å². The molecule has 1 rings (SSSR count). The lowest BCUT2D eigenvalue weighted by molar-refractivity contribution is 1.15. The van der Waals surface area contributed by atoms with Gasteiger partial charge < -0.3 is 0 Å². The minimum absolute atomic E-state index is 1.000. The first-order valence-electron chi connectivity index (χ1n) is 4.71. The summed E-state index contributed by atoms with van der Waals surface area (Å²) in [6, 6.07) is 10.5. The molecule has 0 heterocycles. The quantitative estimate of drug-likeness (QED) is 0.607. The molecule has 0 N–H and O–H groups in total. The third-order valence-corrected chi connectivity index (χ3v) is 2.00. The number of rotatable bonds is 4. The Labute approximate surface area is 80.6 Å². The van der Waals surface area contributed by atoms with E-state index in [4.69, 9.17) is 0 Å². The summed E-state index contributed by atoms with van der Waals surface area (Å²) in [5, 5.41) is 0. The monoisotopic (exact) mass is 172 g/mol. The zero-order valence-corrected chi connectivity index (χ0v) is 8.16. The third kappa shape index (κ3) is 3.75. The Morgan fingerprint density at radius 2 is 2.00 bits per heavy atom. The summed E-state index contributed by atoms with van der Waals surface area (Å²) in [4.78, 5) is 0. The van der Waals surface area contributed by atoms with E-state index in [1.165, 1.54) is 11.1 Å². The van der Waals surface area contributed by atoms with E-state index in [1.54, 1.807) is 0 Å². The smallest absolute Gasteiger partial charge is 0.00942 e. The van der Waals surface area contributed by atoms with Crippen LogP contribution in [0.4, 0.5) is 0 Å². The van der Waals surface area contributed by atoms with E-state index in [1.807, 2.05) is 6.07 Å². The minimum Gasteiger partial charge on any atom is -0.0959 e. The summed E-state index contributed by atoms with van der Waals surface area (Å²) < 4.78 is 0. The van der Waals surface area contributed by atoms with Gasteiger partial charge in [-0.1, -0.05) is 61.6 Å². The molecule has 0 heteroatoms. The van der Waals surface area contributed by atoms with Gasteiger partial charge in [-0.25, -0.2) is 0 Å². The predicted octanol–water partition coefficient (Wildman–Crippen LogP) is 3.75. The van der Waals surface area contributed by atoms with Crippen molar-refractivity contribution in [3.8, 4) is 0 Å². The number of allylic oxidation sites excluding steroid dienone is 3. The normalized spacial score (nSPS) is 10.5. The lowest BCUT2D eigenvalue weighted by atomic mass is 10.1. The molecule has 0 aliphatic carbocycles. The van der Waals surface area contributed by atoms with E-state index < -0.39 is 0 Å². The molecular formula is C13H16. The van der Waals surface area contributed by atoms with Gasteiger partial charge in [0.05, 0.1) is 0 Å². The highest BCUT2D eigenvalue weighted by atomic mass is 13.9. The Balaban J connectivity index is 2.44. The van der Waals surface area contributed by atoms with Crippen LogP contribution in [-0.2, 0) is 6.42 Å². The Morgan fingerprint density at radius 3 is 2.62 bits per heavy atom. The van der Waals surface area contributed by atoms with Gasteiger partial charge in [0.1, 0.15) is 0 Å². The van der Waals surface area contributed by atoms with E-state index in [0.29, 0.717) is 0 Å². The maximum atomic E-state index is 3.92. The summed E-state index contributed by atoms with van der Waals surface area (Å²) in [5.74, 6) is 0. The van der Waals surface area contributed by atoms with Crippen LogP contribution in [0.2, 0.25) is 0 Å². The van der Waals surface area contributed by atoms with Crippen molar-refractivity contribution in [3.63, 3.8) is 0 Å². The van der Waals surface area contributed by atoms with Gasteiger partial charge in [0.2, 0.25) is 0 Å². The summed E-state index contributed by atoms with van der Waals surface area (Å²) >= 11 is 0. The highest BCUT2D eigenvalue weighted by molar-refractivity contribution is 5.21. The lowest BCUT2D eigenvalue weighted by Crippen LogP contribution is -1.79. The van der Waals surface area contributed by atoms with Gasteiger partial charge in [-0.3, -0.25) is 0 Å². The summed E-state index contributed by atoms with van der Waals surface area (Å²) in [6.45, 7) is 6.04. The van der Waals surface area contributed by atoms with Crippen molar-refractivity contribution in [3.05, 3.63) is 60.2 Å². The van der Waals surface area contributed by atoms with Crippen LogP contribution in [0.25, 0.3) is 0 Å². The molecule has 0 fully saturated rings. The van der Waals surface area contributed by atoms with Gasteiger partial charge in [-0.15, -0.1) is 0 Å². The second-order valence-electron chi connectivity index (χ2n) is 3.10. The molecule has 0 amide bonds. The van der Waals surface area contributed by atoms with Crippen LogP contribution in [0, 0.1) is 0 Å². The molecule has 0 radical (unpaired) electrons. The number of hydrogen-bond acceptors (Lipinski definition) is 0. The average Bonchev–Trinajstić information content (AvgIpc) is 2.19. The minimum atomic E-state index is 1.000. The fraction of sp³-hybridized carbons (Fsp3) is 0.231. The highest BCUT2D eigenvalue weighted by Crippen LogP contribution is 2.03. The Hall–Kier alpha value is -1.30. The SMILES string of the molecule is C=C(/C=C/Cc1ccccc1)CC. The van der Waals surface area contributed by atoms with Gasteiger partial charge in [-0.2, -0.15) is 0 Å². The Bertz CT molecular complexity index is 280. The molecule has 0 unspecified atom stereocenters. The van der Waals surface area contributed by atoms with Crippen LogP contribution in [0.1, 0.15) is 18.9 Å². The fourth-order valence-corrected chi connectivity index (χ4v) is 1.09. The molecule has 0 saturated carbocycles. The second kappa shape index (κ2) is 5.36. The molecule has 0 bridgehead atoms. The lowest BCUT2D eigenvalue weighted by Gasteiger charge is -1.95. The van der Waals surface area contributed by atoms with Gasteiger partial charge in [0, 0.05) is 0 Å². The van der Waals surface area contributed by atoms with Gasteiger partial charge in [0.25, 0.3) is 0 Å². The van der Waals surface area contributed by atoms with E-state index in [-0.39, 0.29) is 0 Å². The van der Waals surface area contributed by atoms with Crippen LogP contribution in [0.15, 0.2) is 54.6 Å². The topological polar surface area (TPSA) is 0 Å². The molecule has 0 nitrogen and oxygen atoms in total. The molecule has 68 valence electrons. The van der Waals surface area contributed by atoms with Crippen LogP contribution < -0.4 is 0 Å². The van der Waals surface area contributed by atoms with Crippen molar-refractivity contribution in [1.29, 1.82) is 0 Å². The standard InChI is InChI=1S/C13H16/c1-3-12(2)8-7-11-13-9-5-4-6-10-13/h4-10H,2-3,11H2,1H3/b8-7+. The van der Waals surface area contributed by atoms with Crippen LogP contribution in [0.5, 0.6) is 0 Å². The molecule has 0 saturated heterocycles. The van der Waals surface area contributed by atoms with Crippen LogP contribution in [0.3, 0.4) is 0 Å². The summed E-state index contributed by atoms with van der Waals surface area (Å²) in [7, 11) is 0. The Morgan fingerprint density at radius 1 is 1.31 bits per heavy atom. The van der Waals surface area contributed by atoms with Gasteiger partial charge in [0.15, 0.2) is 0 Å². The average molecular weight is 172 g/mol.